The van der Waals surface area contributed by atoms with Crippen LogP contribution in [0, 0.1) is 15.9 Å². The Bertz CT molecular complexity index is 589. The minimum Gasteiger partial charge on any atom is -0.480 e. The van der Waals surface area contributed by atoms with Crippen LogP contribution in [-0.4, -0.2) is 39.4 Å². The Labute approximate surface area is 112 Å². The van der Waals surface area contributed by atoms with Crippen LogP contribution in [0.4, 0.5) is 10.1 Å². The van der Waals surface area contributed by atoms with Gasteiger partial charge in [0, 0.05) is 12.6 Å². The Hall–Kier alpha value is -2.51. The quantitative estimate of drug-likeness (QED) is 0.667. The molecule has 106 valence electrons. The molecule has 1 heterocycles. The Kier molecular flexibility index (Phi) is 3.64. The lowest BCUT2D eigenvalue weighted by Crippen LogP contribution is -2.40. The van der Waals surface area contributed by atoms with Gasteiger partial charge in [-0.05, 0) is 25.0 Å². The largest absolute Gasteiger partial charge is 0.480 e. The van der Waals surface area contributed by atoms with Gasteiger partial charge in [-0.15, -0.1) is 0 Å². The highest BCUT2D eigenvalue weighted by molar-refractivity contribution is 6.00. The van der Waals surface area contributed by atoms with E-state index in [1.807, 2.05) is 0 Å². The summed E-state index contributed by atoms with van der Waals surface area (Å²) in [5.74, 6) is -2.79. The maximum atomic E-state index is 13.2. The third kappa shape index (κ3) is 2.44. The van der Waals surface area contributed by atoms with E-state index >= 15 is 0 Å². The van der Waals surface area contributed by atoms with Crippen molar-refractivity contribution in [3.63, 3.8) is 0 Å². The van der Waals surface area contributed by atoms with Crippen LogP contribution in [0.2, 0.25) is 0 Å². The number of nitro groups is 1. The van der Waals surface area contributed by atoms with Crippen LogP contribution in [0.25, 0.3) is 0 Å². The number of amides is 1. The van der Waals surface area contributed by atoms with Gasteiger partial charge in [0.2, 0.25) is 0 Å². The van der Waals surface area contributed by atoms with Crippen molar-refractivity contribution in [3.05, 3.63) is 39.7 Å². The minimum absolute atomic E-state index is 0.184. The number of rotatable bonds is 3. The van der Waals surface area contributed by atoms with Gasteiger partial charge in [0.1, 0.15) is 17.4 Å². The van der Waals surface area contributed by atoms with Crippen molar-refractivity contribution >= 4 is 17.6 Å². The van der Waals surface area contributed by atoms with Crippen LogP contribution < -0.4 is 0 Å². The second-order valence-electron chi connectivity index (χ2n) is 4.41. The Morgan fingerprint density at radius 1 is 1.45 bits per heavy atom. The number of carboxylic acid groups (broad SMARTS) is 1. The number of halogens is 1. The topological polar surface area (TPSA) is 101 Å². The third-order valence-corrected chi connectivity index (χ3v) is 3.18. The molecule has 1 aromatic carbocycles. The van der Waals surface area contributed by atoms with Crippen molar-refractivity contribution < 1.29 is 24.0 Å². The fourth-order valence-electron chi connectivity index (χ4n) is 2.26. The molecule has 0 radical (unpaired) electrons. The highest BCUT2D eigenvalue weighted by atomic mass is 19.1. The third-order valence-electron chi connectivity index (χ3n) is 3.18. The number of aliphatic carboxylic acids is 1. The van der Waals surface area contributed by atoms with Crippen molar-refractivity contribution in [3.8, 4) is 0 Å². The number of carboxylic acids is 1. The first-order valence-electron chi connectivity index (χ1n) is 5.89. The van der Waals surface area contributed by atoms with Crippen molar-refractivity contribution in [1.82, 2.24) is 4.90 Å². The molecular weight excluding hydrogens is 271 g/mol. The van der Waals surface area contributed by atoms with E-state index in [0.29, 0.717) is 6.42 Å². The summed E-state index contributed by atoms with van der Waals surface area (Å²) in [6.07, 6.45) is 0.774. The SMILES string of the molecule is O=C(O)[C@@H]1CCCN1C(=O)c1cc(F)ccc1[N+](=O)[O-]. The predicted octanol–water partition coefficient (Wildman–Crippen LogP) is 1.42. The van der Waals surface area contributed by atoms with Crippen LogP contribution >= 0.6 is 0 Å². The first-order valence-corrected chi connectivity index (χ1v) is 5.89. The fourth-order valence-corrected chi connectivity index (χ4v) is 2.26. The van der Waals surface area contributed by atoms with Crippen LogP contribution in [0.15, 0.2) is 18.2 Å². The van der Waals surface area contributed by atoms with Crippen molar-refractivity contribution in [1.29, 1.82) is 0 Å². The molecule has 7 nitrogen and oxygen atoms in total. The Balaban J connectivity index is 2.40. The van der Waals surface area contributed by atoms with Crippen LogP contribution in [0.3, 0.4) is 0 Å². The highest BCUT2D eigenvalue weighted by Crippen LogP contribution is 2.26. The molecule has 8 heteroatoms. The lowest BCUT2D eigenvalue weighted by molar-refractivity contribution is -0.385. The normalized spacial score (nSPS) is 18.1. The van der Waals surface area contributed by atoms with Gasteiger partial charge < -0.3 is 10.0 Å². The molecule has 0 bridgehead atoms. The second kappa shape index (κ2) is 5.24. The zero-order chi connectivity index (χ0) is 14.9. The molecule has 0 aromatic heterocycles. The smallest absolute Gasteiger partial charge is 0.326 e. The van der Waals surface area contributed by atoms with E-state index in [2.05, 4.69) is 0 Å². The molecule has 1 aromatic rings. The molecule has 2 rings (SSSR count). The molecule has 1 fully saturated rings. The van der Waals surface area contributed by atoms with E-state index in [0.717, 1.165) is 23.1 Å². The summed E-state index contributed by atoms with van der Waals surface area (Å²) in [5, 5.41) is 19.9. The zero-order valence-electron chi connectivity index (χ0n) is 10.3. The molecule has 1 saturated heterocycles. The molecule has 0 unspecified atom stereocenters. The number of nitro benzene ring substituents is 1. The van der Waals surface area contributed by atoms with Gasteiger partial charge in [-0.2, -0.15) is 0 Å². The van der Waals surface area contributed by atoms with E-state index in [4.69, 9.17) is 5.11 Å². The van der Waals surface area contributed by atoms with Gasteiger partial charge in [0.05, 0.1) is 4.92 Å². The Morgan fingerprint density at radius 2 is 2.15 bits per heavy atom. The summed E-state index contributed by atoms with van der Waals surface area (Å²) >= 11 is 0. The molecule has 1 N–H and O–H groups in total. The lowest BCUT2D eigenvalue weighted by Gasteiger charge is -2.21. The number of nitrogens with zero attached hydrogens (tertiary/aromatic N) is 2. The summed E-state index contributed by atoms with van der Waals surface area (Å²) < 4.78 is 13.2. The number of benzene rings is 1. The van der Waals surface area contributed by atoms with E-state index in [1.165, 1.54) is 0 Å². The van der Waals surface area contributed by atoms with Crippen molar-refractivity contribution in [2.45, 2.75) is 18.9 Å². The number of carbonyl (C=O) groups excluding carboxylic acids is 1. The number of carbonyl (C=O) groups is 2. The number of hydrogen-bond donors (Lipinski definition) is 1. The van der Waals surface area contributed by atoms with Gasteiger partial charge in [0.15, 0.2) is 0 Å². The van der Waals surface area contributed by atoms with Crippen molar-refractivity contribution in [2.24, 2.45) is 0 Å². The molecular formula is C12H11FN2O5. The lowest BCUT2D eigenvalue weighted by atomic mass is 10.1. The number of likely N-dealkylation sites (tertiary alicyclic amines) is 1. The van der Waals surface area contributed by atoms with Crippen molar-refractivity contribution in [2.75, 3.05) is 6.54 Å². The van der Waals surface area contributed by atoms with E-state index < -0.39 is 39.9 Å². The standard InChI is InChI=1S/C12H11FN2O5/c13-7-3-4-9(15(19)20)8(6-7)11(16)14-5-1-2-10(14)12(17)18/h3-4,6,10H,1-2,5H2,(H,17,18)/t10-/m0/s1. The molecule has 1 aliphatic heterocycles. The molecule has 1 amide bonds. The van der Waals surface area contributed by atoms with Gasteiger partial charge in [-0.3, -0.25) is 14.9 Å². The second-order valence-corrected chi connectivity index (χ2v) is 4.41. The zero-order valence-corrected chi connectivity index (χ0v) is 10.3. The first kappa shape index (κ1) is 13.9. The predicted molar refractivity (Wildman–Crippen MR) is 64.7 cm³/mol. The monoisotopic (exact) mass is 282 g/mol. The summed E-state index contributed by atoms with van der Waals surface area (Å²) in [5.41, 5.74) is -0.962. The van der Waals surface area contributed by atoms with E-state index in [-0.39, 0.29) is 13.0 Å². The first-order chi connectivity index (χ1) is 9.41. The molecule has 0 aliphatic carbocycles. The fraction of sp³-hybridized carbons (Fsp3) is 0.333. The maximum absolute atomic E-state index is 13.2. The molecule has 0 spiro atoms. The molecule has 1 aliphatic rings. The summed E-state index contributed by atoms with van der Waals surface area (Å²) in [6, 6.07) is 1.52. The summed E-state index contributed by atoms with van der Waals surface area (Å²) in [4.78, 5) is 34.4. The van der Waals surface area contributed by atoms with Crippen LogP contribution in [-0.2, 0) is 4.79 Å². The summed E-state index contributed by atoms with van der Waals surface area (Å²) in [6.45, 7) is 0.184. The Morgan fingerprint density at radius 3 is 2.75 bits per heavy atom. The van der Waals surface area contributed by atoms with Gasteiger partial charge in [-0.25, -0.2) is 9.18 Å². The highest BCUT2D eigenvalue weighted by Gasteiger charge is 2.36. The molecule has 1 atom stereocenters. The maximum Gasteiger partial charge on any atom is 0.326 e. The molecule has 0 saturated carbocycles. The molecule has 20 heavy (non-hydrogen) atoms. The van der Waals surface area contributed by atoms with Crippen LogP contribution in [0.1, 0.15) is 23.2 Å². The number of hydrogen-bond acceptors (Lipinski definition) is 4. The van der Waals surface area contributed by atoms with Gasteiger partial charge >= 0.3 is 5.97 Å². The van der Waals surface area contributed by atoms with E-state index in [1.54, 1.807) is 0 Å². The van der Waals surface area contributed by atoms with Gasteiger partial charge in [0.25, 0.3) is 11.6 Å². The summed E-state index contributed by atoms with van der Waals surface area (Å²) in [7, 11) is 0. The average Bonchev–Trinajstić information content (AvgIpc) is 2.86. The van der Waals surface area contributed by atoms with Crippen LogP contribution in [0.5, 0.6) is 0 Å². The van der Waals surface area contributed by atoms with E-state index in [9.17, 15) is 24.1 Å². The van der Waals surface area contributed by atoms with Gasteiger partial charge in [-0.1, -0.05) is 0 Å². The minimum atomic E-state index is -1.17. The average molecular weight is 282 g/mol.